The fourth-order valence-corrected chi connectivity index (χ4v) is 3.02. The van der Waals surface area contributed by atoms with Gasteiger partial charge in [-0.3, -0.25) is 9.78 Å². The Morgan fingerprint density at radius 3 is 3.00 bits per heavy atom. The van der Waals surface area contributed by atoms with Crippen LogP contribution in [0.15, 0.2) is 24.4 Å². The van der Waals surface area contributed by atoms with Gasteiger partial charge in [-0.15, -0.1) is 0 Å². The van der Waals surface area contributed by atoms with Gasteiger partial charge in [0.1, 0.15) is 0 Å². The van der Waals surface area contributed by atoms with Gasteiger partial charge in [0.05, 0.1) is 17.2 Å². The minimum absolute atomic E-state index is 0.0423. The van der Waals surface area contributed by atoms with Crippen molar-refractivity contribution in [3.8, 4) is 0 Å². The molecule has 4 heteroatoms. The number of rotatable bonds is 5. The van der Waals surface area contributed by atoms with Crippen LogP contribution >= 0.6 is 0 Å². The quantitative estimate of drug-likeness (QED) is 0.867. The van der Waals surface area contributed by atoms with E-state index in [2.05, 4.69) is 22.5 Å². The highest BCUT2D eigenvalue weighted by molar-refractivity contribution is 5.83. The van der Waals surface area contributed by atoms with E-state index >= 15 is 0 Å². The van der Waals surface area contributed by atoms with Crippen LogP contribution in [0.1, 0.15) is 51.3 Å². The molecule has 1 aliphatic heterocycles. The van der Waals surface area contributed by atoms with Gasteiger partial charge < -0.3 is 10.6 Å². The molecule has 1 aromatic rings. The Hall–Kier alpha value is -1.42. The summed E-state index contributed by atoms with van der Waals surface area (Å²) in [5, 5.41) is 6.53. The van der Waals surface area contributed by atoms with Crippen molar-refractivity contribution >= 4 is 5.91 Å². The maximum absolute atomic E-state index is 12.7. The Bertz CT molecular complexity index is 421. The maximum atomic E-state index is 12.7. The van der Waals surface area contributed by atoms with Gasteiger partial charge in [-0.05, 0) is 44.9 Å². The smallest absolute Gasteiger partial charge is 0.228 e. The molecule has 0 bridgehead atoms. The molecule has 1 unspecified atom stereocenters. The molecule has 2 heterocycles. The molecule has 0 aromatic carbocycles. The number of hydrogen-bond acceptors (Lipinski definition) is 3. The third kappa shape index (κ3) is 3.37. The van der Waals surface area contributed by atoms with Gasteiger partial charge in [0.25, 0.3) is 0 Å². The second kappa shape index (κ2) is 6.84. The Morgan fingerprint density at radius 1 is 1.55 bits per heavy atom. The summed E-state index contributed by atoms with van der Waals surface area (Å²) in [6, 6.07) is 5.76. The van der Waals surface area contributed by atoms with Gasteiger partial charge in [0, 0.05) is 12.7 Å². The Kier molecular flexibility index (Phi) is 5.12. The lowest BCUT2D eigenvalue weighted by molar-refractivity contribution is -0.133. The molecule has 0 radical (unpaired) electrons. The minimum atomic E-state index is -0.240. The second-order valence-electron chi connectivity index (χ2n) is 5.76. The number of amides is 1. The summed E-state index contributed by atoms with van der Waals surface area (Å²) >= 11 is 0. The van der Waals surface area contributed by atoms with Crippen molar-refractivity contribution in [2.45, 2.75) is 45.6 Å². The lowest BCUT2D eigenvalue weighted by atomic mass is 9.76. The summed E-state index contributed by atoms with van der Waals surface area (Å²) in [4.78, 5) is 17.0. The van der Waals surface area contributed by atoms with Crippen molar-refractivity contribution in [3.63, 3.8) is 0 Å². The van der Waals surface area contributed by atoms with Crippen LogP contribution in [0.25, 0.3) is 0 Å². The Balaban J connectivity index is 2.05. The predicted octanol–water partition coefficient (Wildman–Crippen LogP) is 2.43. The largest absolute Gasteiger partial charge is 0.347 e. The van der Waals surface area contributed by atoms with Crippen molar-refractivity contribution in [3.05, 3.63) is 30.1 Å². The third-order valence-corrected chi connectivity index (χ3v) is 4.16. The first-order chi connectivity index (χ1) is 9.68. The number of carbonyl (C=O) groups is 1. The molecule has 1 amide bonds. The van der Waals surface area contributed by atoms with E-state index in [0.717, 1.165) is 44.5 Å². The second-order valence-corrected chi connectivity index (χ2v) is 5.76. The number of piperidine rings is 1. The molecular weight excluding hydrogens is 250 g/mol. The molecule has 0 saturated carbocycles. The normalized spacial score (nSPS) is 24.1. The number of aromatic nitrogens is 1. The van der Waals surface area contributed by atoms with Crippen molar-refractivity contribution in [1.82, 2.24) is 15.6 Å². The summed E-state index contributed by atoms with van der Waals surface area (Å²) in [6.45, 7) is 5.96. The highest BCUT2D eigenvalue weighted by atomic mass is 16.2. The van der Waals surface area contributed by atoms with E-state index in [9.17, 15) is 4.79 Å². The monoisotopic (exact) mass is 275 g/mol. The number of nitrogens with one attached hydrogen (secondary N) is 2. The molecular formula is C16H25N3O. The van der Waals surface area contributed by atoms with E-state index in [4.69, 9.17) is 0 Å². The van der Waals surface area contributed by atoms with E-state index in [1.165, 1.54) is 0 Å². The fraction of sp³-hybridized carbons (Fsp3) is 0.625. The molecule has 4 nitrogen and oxygen atoms in total. The standard InChI is InChI=1S/C16H25N3O/c1-3-8-16(9-6-10-17-12-16)15(20)19-13(2)14-7-4-5-11-18-14/h4-5,7,11,13,17H,3,6,8-10,12H2,1-2H3,(H,19,20)/t13-,16?/m0/s1. The Labute approximate surface area is 121 Å². The van der Waals surface area contributed by atoms with Gasteiger partial charge in [0.2, 0.25) is 5.91 Å². The van der Waals surface area contributed by atoms with Crippen LogP contribution < -0.4 is 10.6 Å². The molecule has 2 N–H and O–H groups in total. The van der Waals surface area contributed by atoms with Crippen LogP contribution in [0.5, 0.6) is 0 Å². The topological polar surface area (TPSA) is 54.0 Å². The SMILES string of the molecule is CCCC1(C(=O)N[C@@H](C)c2ccccn2)CCCNC1. The molecule has 2 atom stereocenters. The Morgan fingerprint density at radius 2 is 2.40 bits per heavy atom. The van der Waals surface area contributed by atoms with Crippen molar-refractivity contribution in [1.29, 1.82) is 0 Å². The zero-order valence-electron chi connectivity index (χ0n) is 12.5. The fourth-order valence-electron chi connectivity index (χ4n) is 3.02. The molecule has 2 rings (SSSR count). The van der Waals surface area contributed by atoms with E-state index in [1.807, 2.05) is 25.1 Å². The van der Waals surface area contributed by atoms with Gasteiger partial charge in [-0.1, -0.05) is 19.4 Å². The van der Waals surface area contributed by atoms with Gasteiger partial charge >= 0.3 is 0 Å². The van der Waals surface area contributed by atoms with Crippen LogP contribution in [-0.2, 0) is 4.79 Å². The zero-order chi connectivity index (χ0) is 14.4. The van der Waals surface area contributed by atoms with Crippen LogP contribution in [0.2, 0.25) is 0 Å². The molecule has 0 aliphatic carbocycles. The number of nitrogens with zero attached hydrogens (tertiary/aromatic N) is 1. The summed E-state index contributed by atoms with van der Waals surface area (Å²) in [5.41, 5.74) is 0.673. The van der Waals surface area contributed by atoms with Crippen LogP contribution in [-0.4, -0.2) is 24.0 Å². The molecule has 110 valence electrons. The summed E-state index contributed by atoms with van der Waals surface area (Å²) < 4.78 is 0. The molecule has 20 heavy (non-hydrogen) atoms. The summed E-state index contributed by atoms with van der Waals surface area (Å²) in [6.07, 6.45) is 5.80. The van der Waals surface area contributed by atoms with Gasteiger partial charge in [-0.25, -0.2) is 0 Å². The lowest BCUT2D eigenvalue weighted by Crippen LogP contribution is -2.51. The van der Waals surface area contributed by atoms with E-state index in [-0.39, 0.29) is 17.4 Å². The summed E-state index contributed by atoms with van der Waals surface area (Å²) in [7, 11) is 0. The number of carbonyl (C=O) groups excluding carboxylic acids is 1. The van der Waals surface area contributed by atoms with Crippen molar-refractivity contribution < 1.29 is 4.79 Å². The first kappa shape index (κ1) is 15.0. The molecule has 1 aromatic heterocycles. The van der Waals surface area contributed by atoms with Crippen LogP contribution in [0.4, 0.5) is 0 Å². The molecule has 1 saturated heterocycles. The van der Waals surface area contributed by atoms with E-state index in [0.29, 0.717) is 0 Å². The first-order valence-corrected chi connectivity index (χ1v) is 7.60. The van der Waals surface area contributed by atoms with Crippen molar-refractivity contribution in [2.24, 2.45) is 5.41 Å². The van der Waals surface area contributed by atoms with Gasteiger partial charge in [0.15, 0.2) is 0 Å². The maximum Gasteiger partial charge on any atom is 0.228 e. The van der Waals surface area contributed by atoms with Crippen LogP contribution in [0, 0.1) is 5.41 Å². The average Bonchev–Trinajstić information content (AvgIpc) is 2.49. The van der Waals surface area contributed by atoms with Gasteiger partial charge in [-0.2, -0.15) is 0 Å². The van der Waals surface area contributed by atoms with Crippen LogP contribution in [0.3, 0.4) is 0 Å². The lowest BCUT2D eigenvalue weighted by Gasteiger charge is -2.37. The molecule has 1 fully saturated rings. The average molecular weight is 275 g/mol. The van der Waals surface area contributed by atoms with Crippen molar-refractivity contribution in [2.75, 3.05) is 13.1 Å². The third-order valence-electron chi connectivity index (χ3n) is 4.16. The summed E-state index contributed by atoms with van der Waals surface area (Å²) in [5.74, 6) is 0.171. The number of hydrogen-bond donors (Lipinski definition) is 2. The number of pyridine rings is 1. The zero-order valence-corrected chi connectivity index (χ0v) is 12.5. The predicted molar refractivity (Wildman–Crippen MR) is 80.2 cm³/mol. The first-order valence-electron chi connectivity index (χ1n) is 7.60. The molecule has 1 aliphatic rings. The van der Waals surface area contributed by atoms with E-state index in [1.54, 1.807) is 6.20 Å². The molecule has 0 spiro atoms. The van der Waals surface area contributed by atoms with E-state index < -0.39 is 0 Å². The highest BCUT2D eigenvalue weighted by Crippen LogP contribution is 2.32. The highest BCUT2D eigenvalue weighted by Gasteiger charge is 2.39. The minimum Gasteiger partial charge on any atom is -0.347 e.